The number of hydrogen-bond acceptors (Lipinski definition) is 0. The summed E-state index contributed by atoms with van der Waals surface area (Å²) >= 11 is 0. The fraction of sp³-hybridized carbons (Fsp3) is 1.00. The zero-order valence-electron chi connectivity index (χ0n) is 13.0. The summed E-state index contributed by atoms with van der Waals surface area (Å²) in [5.74, 6) is 3.42. The number of hydrogen-bond donors (Lipinski definition) is 0. The highest BCUT2D eigenvalue weighted by molar-refractivity contribution is 4.46. The van der Waals surface area contributed by atoms with Gasteiger partial charge in [0, 0.05) is 0 Å². The molecule has 0 heteroatoms. The molecule has 0 aromatic carbocycles. The van der Waals surface area contributed by atoms with Crippen molar-refractivity contribution in [3.8, 4) is 0 Å². The van der Waals surface area contributed by atoms with Crippen LogP contribution in [0.1, 0.15) is 75.7 Å². The minimum atomic E-state index is 0.833. The largest absolute Gasteiger partial charge is 0.0651 e. The van der Waals surface area contributed by atoms with Crippen LogP contribution >= 0.6 is 0 Å². The molecule has 0 saturated carbocycles. The monoisotopic (exact) mass is 216 g/mol. The van der Waals surface area contributed by atoms with E-state index in [9.17, 15) is 0 Å². The Labute approximate surface area is 99.9 Å². The van der Waals surface area contributed by atoms with Gasteiger partial charge in [-0.05, 0) is 23.7 Å². The zero-order valence-corrected chi connectivity index (χ0v) is 13.0. The fourth-order valence-corrected chi connectivity index (χ4v) is 0. The van der Waals surface area contributed by atoms with Gasteiger partial charge in [0.2, 0.25) is 0 Å². The third kappa shape index (κ3) is 56.0. The molecule has 0 rings (SSSR count). The van der Waals surface area contributed by atoms with Crippen LogP contribution in [0.15, 0.2) is 0 Å². The summed E-state index contributed by atoms with van der Waals surface area (Å²) in [6, 6.07) is 0. The molecule has 0 bridgehead atoms. The smallest absolute Gasteiger partial charge is 0.0448 e. The van der Waals surface area contributed by atoms with E-state index in [1.165, 1.54) is 6.42 Å². The third-order valence-electron chi connectivity index (χ3n) is 2.15. The van der Waals surface area contributed by atoms with Crippen LogP contribution in [-0.4, -0.2) is 0 Å². The van der Waals surface area contributed by atoms with Crippen molar-refractivity contribution in [3.05, 3.63) is 0 Å². The summed E-state index contributed by atoms with van der Waals surface area (Å²) in [7, 11) is 0. The molecule has 0 aliphatic rings. The molecule has 0 aliphatic carbocycles. The lowest BCUT2D eigenvalue weighted by atomic mass is 10.0. The molecule has 0 amide bonds. The summed E-state index contributed by atoms with van der Waals surface area (Å²) in [5, 5.41) is 0. The van der Waals surface area contributed by atoms with E-state index in [4.69, 9.17) is 0 Å². The van der Waals surface area contributed by atoms with Gasteiger partial charge in [0.25, 0.3) is 0 Å². The summed E-state index contributed by atoms with van der Waals surface area (Å²) in [5.41, 5.74) is 0. The molecule has 0 unspecified atom stereocenters. The first-order valence-electron chi connectivity index (χ1n) is 6.64. The molecule has 0 atom stereocenters. The Bertz CT molecular complexity index is 79.5. The first-order valence-corrected chi connectivity index (χ1v) is 6.64. The van der Waals surface area contributed by atoms with Crippen molar-refractivity contribution in [2.24, 2.45) is 23.7 Å². The van der Waals surface area contributed by atoms with Gasteiger partial charge in [-0.2, -0.15) is 0 Å². The van der Waals surface area contributed by atoms with Crippen LogP contribution in [0.3, 0.4) is 0 Å². The van der Waals surface area contributed by atoms with Crippen LogP contribution in [0.5, 0.6) is 0 Å². The van der Waals surface area contributed by atoms with E-state index in [-0.39, 0.29) is 0 Å². The predicted octanol–water partition coefficient (Wildman–Crippen LogP) is 6.01. The average Bonchev–Trinajstić information content (AvgIpc) is 2.04. The molecule has 0 aromatic rings. The van der Waals surface area contributed by atoms with Gasteiger partial charge < -0.3 is 0 Å². The van der Waals surface area contributed by atoms with Crippen LogP contribution in [-0.2, 0) is 0 Å². The topological polar surface area (TPSA) is 0 Å². The molecule has 0 fully saturated rings. The van der Waals surface area contributed by atoms with Crippen LogP contribution in [0, 0.1) is 23.7 Å². The van der Waals surface area contributed by atoms with Crippen molar-refractivity contribution >= 4 is 0 Å². The second-order valence-electron chi connectivity index (χ2n) is 6.02. The molecule has 15 heavy (non-hydrogen) atoms. The van der Waals surface area contributed by atoms with Gasteiger partial charge >= 0.3 is 0 Å². The van der Waals surface area contributed by atoms with Gasteiger partial charge in [-0.1, -0.05) is 75.7 Å². The van der Waals surface area contributed by atoms with E-state index in [1.807, 2.05) is 0 Å². The Balaban J connectivity index is -0.000000147. The van der Waals surface area contributed by atoms with Crippen molar-refractivity contribution < 1.29 is 0 Å². The van der Waals surface area contributed by atoms with Crippen LogP contribution < -0.4 is 0 Å². The quantitative estimate of drug-likeness (QED) is 0.530. The lowest BCUT2D eigenvalue weighted by molar-refractivity contribution is 0.457. The van der Waals surface area contributed by atoms with Crippen LogP contribution in [0.4, 0.5) is 0 Å². The normalized spacial score (nSPS) is 10.0. The van der Waals surface area contributed by atoms with Gasteiger partial charge in [-0.15, -0.1) is 0 Å². The zero-order chi connectivity index (χ0) is 13.0. The van der Waals surface area contributed by atoms with E-state index in [0.29, 0.717) is 0 Å². The standard InChI is InChI=1S/C6H14.C5H12.C4H10/c1-5(2)6(3)4;1-4-5(2)3;1-4(2)3/h5-6H,1-4H3;5H,4H2,1-3H3;4H,1-3H3. The van der Waals surface area contributed by atoms with Gasteiger partial charge in [-0.25, -0.2) is 0 Å². The molecule has 0 nitrogen and oxygen atoms in total. The van der Waals surface area contributed by atoms with Crippen molar-refractivity contribution in [2.45, 2.75) is 75.7 Å². The lowest BCUT2D eigenvalue weighted by Crippen LogP contribution is -1.95. The van der Waals surface area contributed by atoms with Crippen LogP contribution in [0.2, 0.25) is 0 Å². The molecule has 0 radical (unpaired) electrons. The molecule has 0 aromatic heterocycles. The highest BCUT2D eigenvalue weighted by Crippen LogP contribution is 2.05. The van der Waals surface area contributed by atoms with Gasteiger partial charge in [0.05, 0.1) is 0 Å². The van der Waals surface area contributed by atoms with E-state index in [2.05, 4.69) is 69.2 Å². The van der Waals surface area contributed by atoms with E-state index >= 15 is 0 Å². The van der Waals surface area contributed by atoms with Crippen molar-refractivity contribution in [1.82, 2.24) is 0 Å². The van der Waals surface area contributed by atoms with Crippen molar-refractivity contribution in [2.75, 3.05) is 0 Å². The Morgan fingerprint density at radius 1 is 0.600 bits per heavy atom. The summed E-state index contributed by atoms with van der Waals surface area (Å²) in [4.78, 5) is 0. The Hall–Kier alpha value is 0. The Morgan fingerprint density at radius 3 is 0.733 bits per heavy atom. The second kappa shape index (κ2) is 14.0. The van der Waals surface area contributed by atoms with Gasteiger partial charge in [0.1, 0.15) is 0 Å². The van der Waals surface area contributed by atoms with E-state index < -0.39 is 0 Å². The molecular weight excluding hydrogens is 180 g/mol. The highest BCUT2D eigenvalue weighted by Gasteiger charge is 1.95. The SMILES string of the molecule is CC(C)C.CC(C)C(C)C.CCC(C)C. The second-order valence-corrected chi connectivity index (χ2v) is 6.02. The maximum atomic E-state index is 2.24. The first kappa shape index (κ1) is 20.4. The van der Waals surface area contributed by atoms with E-state index in [0.717, 1.165) is 23.7 Å². The predicted molar refractivity (Wildman–Crippen MR) is 75.3 cm³/mol. The minimum Gasteiger partial charge on any atom is -0.0651 e. The van der Waals surface area contributed by atoms with Crippen molar-refractivity contribution in [1.29, 1.82) is 0 Å². The van der Waals surface area contributed by atoms with Gasteiger partial charge in [-0.3, -0.25) is 0 Å². The molecular formula is C15H36. The molecule has 0 saturated heterocycles. The molecule has 0 aliphatic heterocycles. The first-order chi connectivity index (χ1) is 6.64. The molecule has 0 spiro atoms. The summed E-state index contributed by atoms with van der Waals surface area (Å²) in [6.45, 7) is 22.1. The number of rotatable bonds is 2. The summed E-state index contributed by atoms with van der Waals surface area (Å²) in [6.07, 6.45) is 1.31. The molecule has 96 valence electrons. The maximum Gasteiger partial charge on any atom is -0.0448 e. The lowest BCUT2D eigenvalue weighted by Gasteiger charge is -2.05. The maximum absolute atomic E-state index is 2.24. The molecule has 0 N–H and O–H groups in total. The Kier molecular flexibility index (Phi) is 19.1. The molecule has 0 heterocycles. The van der Waals surface area contributed by atoms with Crippen LogP contribution in [0.25, 0.3) is 0 Å². The third-order valence-corrected chi connectivity index (χ3v) is 2.15. The fourth-order valence-electron chi connectivity index (χ4n) is 0. The average molecular weight is 216 g/mol. The summed E-state index contributed by atoms with van der Waals surface area (Å²) < 4.78 is 0. The minimum absolute atomic E-state index is 0.833. The van der Waals surface area contributed by atoms with Crippen molar-refractivity contribution in [3.63, 3.8) is 0 Å². The van der Waals surface area contributed by atoms with E-state index in [1.54, 1.807) is 0 Å². The highest BCUT2D eigenvalue weighted by atomic mass is 14.0. The van der Waals surface area contributed by atoms with Gasteiger partial charge in [0.15, 0.2) is 0 Å². The Morgan fingerprint density at radius 2 is 0.733 bits per heavy atom.